The minimum Gasteiger partial charge on any atom is -0.339 e. The van der Waals surface area contributed by atoms with Crippen molar-refractivity contribution in [2.45, 2.75) is 60.0 Å². The lowest BCUT2D eigenvalue weighted by atomic mass is 9.82. The maximum absolute atomic E-state index is 13.8. The Kier molecular flexibility index (Phi) is 8.55. The number of nitrogens with zero attached hydrogens (tertiary/aromatic N) is 2. The summed E-state index contributed by atoms with van der Waals surface area (Å²) in [4.78, 5) is 30.7. The van der Waals surface area contributed by atoms with Crippen molar-refractivity contribution in [3.63, 3.8) is 0 Å². The molecule has 2 aromatic rings. The van der Waals surface area contributed by atoms with Gasteiger partial charge in [-0.2, -0.15) is 0 Å². The zero-order chi connectivity index (χ0) is 27.7. The van der Waals surface area contributed by atoms with E-state index in [9.17, 15) is 9.59 Å². The Balaban J connectivity index is 1.47. The molecule has 2 heterocycles. The summed E-state index contributed by atoms with van der Waals surface area (Å²) in [5.74, 6) is 0.353. The predicted molar refractivity (Wildman–Crippen MR) is 154 cm³/mol. The van der Waals surface area contributed by atoms with Gasteiger partial charge in [-0.3, -0.25) is 9.59 Å². The number of amides is 2. The quantitative estimate of drug-likeness (QED) is 0.568. The smallest absolute Gasteiger partial charge is 0.228 e. The average molecular weight is 539 g/mol. The number of carbonyl (C=O) groups excluding carboxylic acids is 2. The fourth-order valence-corrected chi connectivity index (χ4v) is 5.97. The third-order valence-electron chi connectivity index (χ3n) is 7.79. The molecule has 0 saturated carbocycles. The van der Waals surface area contributed by atoms with Crippen LogP contribution in [0, 0.1) is 17.8 Å². The number of aryl methyl sites for hydroxylation is 1. The second-order valence-electron chi connectivity index (χ2n) is 12.5. The Morgan fingerprint density at radius 3 is 2.05 bits per heavy atom. The highest BCUT2D eigenvalue weighted by atomic mass is 35.5. The van der Waals surface area contributed by atoms with Crippen LogP contribution in [0.4, 0.5) is 0 Å². The number of piperazine rings is 2. The average Bonchev–Trinajstić information content (AvgIpc) is 2.88. The van der Waals surface area contributed by atoms with E-state index >= 15 is 0 Å². The third kappa shape index (κ3) is 6.41. The number of nitrogens with one attached hydrogen (secondary N) is 2. The Bertz CT molecular complexity index is 1170. The first kappa shape index (κ1) is 28.6. The van der Waals surface area contributed by atoms with Crippen molar-refractivity contribution in [2.24, 2.45) is 10.8 Å². The standard InChI is InChI=1S/C31H43ClN4O2/c1-21-11-12-22(17-24(21)27-20-35(15-13-34-27)28(37)30(2,3)4)18-31(5,6)29(38)36-16-14-33-26(19-36)23-9-7-8-10-25(23)32/h7-12,17,26-27,33-34H,13-16,18-20H2,1-6H3. The van der Waals surface area contributed by atoms with Crippen LogP contribution in [0.1, 0.15) is 69.0 Å². The SMILES string of the molecule is Cc1ccc(CC(C)(C)C(=O)N2CCNC(c3ccccc3Cl)C2)cc1C1CN(C(=O)C(C)(C)C)CCN1. The molecule has 2 fully saturated rings. The highest BCUT2D eigenvalue weighted by Gasteiger charge is 2.36. The van der Waals surface area contributed by atoms with E-state index in [2.05, 4.69) is 35.8 Å². The Hall–Kier alpha value is -2.41. The molecule has 7 heteroatoms. The highest BCUT2D eigenvalue weighted by molar-refractivity contribution is 6.31. The Morgan fingerprint density at radius 2 is 1.45 bits per heavy atom. The largest absolute Gasteiger partial charge is 0.339 e. The Morgan fingerprint density at radius 1 is 0.868 bits per heavy atom. The fourth-order valence-electron chi connectivity index (χ4n) is 5.71. The zero-order valence-corrected chi connectivity index (χ0v) is 24.5. The molecule has 0 aliphatic carbocycles. The number of rotatable bonds is 5. The van der Waals surface area contributed by atoms with Gasteiger partial charge in [-0.1, -0.05) is 82.6 Å². The van der Waals surface area contributed by atoms with Crippen molar-refractivity contribution in [2.75, 3.05) is 39.3 Å². The number of hydrogen-bond acceptors (Lipinski definition) is 4. The van der Waals surface area contributed by atoms with Gasteiger partial charge in [-0.05, 0) is 41.7 Å². The molecule has 0 bridgehead atoms. The van der Waals surface area contributed by atoms with E-state index in [1.807, 2.05) is 68.7 Å². The van der Waals surface area contributed by atoms with E-state index in [-0.39, 0.29) is 23.9 Å². The van der Waals surface area contributed by atoms with Crippen molar-refractivity contribution in [3.8, 4) is 0 Å². The summed E-state index contributed by atoms with van der Waals surface area (Å²) in [6.45, 7) is 16.3. The molecule has 206 valence electrons. The van der Waals surface area contributed by atoms with Crippen LogP contribution in [0.3, 0.4) is 0 Å². The molecule has 2 saturated heterocycles. The first-order valence-electron chi connectivity index (χ1n) is 13.8. The summed E-state index contributed by atoms with van der Waals surface area (Å²) >= 11 is 6.45. The summed E-state index contributed by atoms with van der Waals surface area (Å²) < 4.78 is 0. The third-order valence-corrected chi connectivity index (χ3v) is 8.14. The van der Waals surface area contributed by atoms with Gasteiger partial charge in [0.25, 0.3) is 0 Å². The molecule has 4 rings (SSSR count). The van der Waals surface area contributed by atoms with E-state index in [4.69, 9.17) is 11.6 Å². The zero-order valence-electron chi connectivity index (χ0n) is 23.7. The first-order valence-corrected chi connectivity index (χ1v) is 14.1. The number of carbonyl (C=O) groups is 2. The molecule has 0 spiro atoms. The lowest BCUT2D eigenvalue weighted by Crippen LogP contribution is -2.52. The summed E-state index contributed by atoms with van der Waals surface area (Å²) in [5, 5.41) is 7.86. The summed E-state index contributed by atoms with van der Waals surface area (Å²) in [5.41, 5.74) is 3.64. The molecule has 0 aromatic heterocycles. The molecular formula is C31H43ClN4O2. The van der Waals surface area contributed by atoms with Gasteiger partial charge in [0.1, 0.15) is 0 Å². The van der Waals surface area contributed by atoms with Gasteiger partial charge < -0.3 is 20.4 Å². The molecule has 2 N–H and O–H groups in total. The maximum Gasteiger partial charge on any atom is 0.228 e. The van der Waals surface area contributed by atoms with Crippen LogP contribution >= 0.6 is 11.6 Å². The van der Waals surface area contributed by atoms with Crippen LogP contribution in [0.25, 0.3) is 0 Å². The van der Waals surface area contributed by atoms with Crippen LogP contribution in [0.2, 0.25) is 5.02 Å². The highest BCUT2D eigenvalue weighted by Crippen LogP contribution is 2.31. The van der Waals surface area contributed by atoms with Crippen molar-refractivity contribution >= 4 is 23.4 Å². The molecule has 2 amide bonds. The normalized spacial score (nSPS) is 20.9. The van der Waals surface area contributed by atoms with E-state index < -0.39 is 10.8 Å². The maximum atomic E-state index is 13.8. The number of benzene rings is 2. The summed E-state index contributed by atoms with van der Waals surface area (Å²) in [6.07, 6.45) is 0.650. The molecule has 6 nitrogen and oxygen atoms in total. The van der Waals surface area contributed by atoms with E-state index in [1.54, 1.807) is 0 Å². The van der Waals surface area contributed by atoms with E-state index in [0.717, 1.165) is 35.8 Å². The molecule has 2 aliphatic heterocycles. The predicted octanol–water partition coefficient (Wildman–Crippen LogP) is 4.91. The molecular weight excluding hydrogens is 496 g/mol. The van der Waals surface area contributed by atoms with Gasteiger partial charge in [0, 0.05) is 55.1 Å². The Labute approximate surface area is 233 Å². The van der Waals surface area contributed by atoms with Crippen LogP contribution < -0.4 is 10.6 Å². The fraction of sp³-hybridized carbons (Fsp3) is 0.548. The summed E-state index contributed by atoms with van der Waals surface area (Å²) in [6, 6.07) is 14.5. The van der Waals surface area contributed by atoms with Crippen molar-refractivity contribution in [1.82, 2.24) is 20.4 Å². The second-order valence-corrected chi connectivity index (χ2v) is 12.9. The minimum absolute atomic E-state index is 0.0271. The minimum atomic E-state index is -0.552. The van der Waals surface area contributed by atoms with Gasteiger partial charge in [0.05, 0.1) is 12.1 Å². The van der Waals surface area contributed by atoms with Crippen LogP contribution in [-0.2, 0) is 16.0 Å². The lowest BCUT2D eigenvalue weighted by Gasteiger charge is -2.39. The van der Waals surface area contributed by atoms with Gasteiger partial charge in [0.2, 0.25) is 11.8 Å². The van der Waals surface area contributed by atoms with Crippen molar-refractivity contribution in [3.05, 3.63) is 69.7 Å². The molecule has 2 aliphatic rings. The van der Waals surface area contributed by atoms with Gasteiger partial charge in [-0.25, -0.2) is 0 Å². The first-order chi connectivity index (χ1) is 17.9. The van der Waals surface area contributed by atoms with Crippen LogP contribution in [0.5, 0.6) is 0 Å². The van der Waals surface area contributed by atoms with E-state index in [1.165, 1.54) is 11.1 Å². The summed E-state index contributed by atoms with van der Waals surface area (Å²) in [7, 11) is 0. The molecule has 38 heavy (non-hydrogen) atoms. The lowest BCUT2D eigenvalue weighted by molar-refractivity contribution is -0.142. The molecule has 2 unspecified atom stereocenters. The van der Waals surface area contributed by atoms with Gasteiger partial charge in [0.15, 0.2) is 0 Å². The molecule has 0 radical (unpaired) electrons. The topological polar surface area (TPSA) is 64.7 Å². The monoisotopic (exact) mass is 538 g/mol. The second kappa shape index (κ2) is 11.4. The van der Waals surface area contributed by atoms with Gasteiger partial charge in [-0.15, -0.1) is 0 Å². The number of hydrogen-bond donors (Lipinski definition) is 2. The van der Waals surface area contributed by atoms with Crippen LogP contribution in [0.15, 0.2) is 42.5 Å². The number of halogens is 1. The molecule has 2 aromatic carbocycles. The van der Waals surface area contributed by atoms with Crippen molar-refractivity contribution in [1.29, 1.82) is 0 Å². The van der Waals surface area contributed by atoms with Gasteiger partial charge >= 0.3 is 0 Å². The van der Waals surface area contributed by atoms with E-state index in [0.29, 0.717) is 26.1 Å². The van der Waals surface area contributed by atoms with Crippen molar-refractivity contribution < 1.29 is 9.59 Å². The molecule has 2 atom stereocenters. The van der Waals surface area contributed by atoms with Crippen LogP contribution in [-0.4, -0.2) is 60.9 Å².